The second-order valence-corrected chi connectivity index (χ2v) is 9.81. The summed E-state index contributed by atoms with van der Waals surface area (Å²) in [7, 11) is 1.58. The monoisotopic (exact) mass is 626 g/mol. The lowest BCUT2D eigenvalue weighted by Crippen LogP contribution is -2.39. The van der Waals surface area contributed by atoms with Gasteiger partial charge in [-0.1, -0.05) is 6.07 Å². The van der Waals surface area contributed by atoms with Crippen LogP contribution >= 0.6 is 0 Å². The Morgan fingerprint density at radius 1 is 0.977 bits per heavy atom. The van der Waals surface area contributed by atoms with Crippen molar-refractivity contribution in [3.05, 3.63) is 59.5 Å². The largest absolute Gasteiger partial charge is 0.418 e. The number of nitrogens with one attached hydrogen (secondary N) is 3. The molecule has 2 aromatic carbocycles. The minimum absolute atomic E-state index is 0.0365. The number of anilines is 3. The van der Waals surface area contributed by atoms with Gasteiger partial charge in [-0.25, -0.2) is 18.9 Å². The van der Waals surface area contributed by atoms with Crippen molar-refractivity contribution in [1.29, 1.82) is 0 Å². The van der Waals surface area contributed by atoms with E-state index in [1.165, 1.54) is 16.9 Å². The highest BCUT2D eigenvalue weighted by Crippen LogP contribution is 2.39. The topological polar surface area (TPSA) is 109 Å². The predicted octanol–water partition coefficient (Wildman–Crippen LogP) is 5.60. The summed E-state index contributed by atoms with van der Waals surface area (Å²) in [6.07, 6.45) is -8.35. The molecule has 0 atom stereocenters. The summed E-state index contributed by atoms with van der Waals surface area (Å²) in [6.45, 7) is 4.28. The molecule has 0 aliphatic carbocycles. The van der Waals surface area contributed by atoms with Gasteiger partial charge < -0.3 is 20.7 Å². The fourth-order valence-electron chi connectivity index (χ4n) is 4.60. The standard InChI is InChI=1S/C27H25F7N8O2/c1-41-23-17(14-36-24(39-23)35-6-7-42-8-10-44-11-9-42)22(40-41)15-2-5-20(18(12-15)27(32,33)34)37-25(43)38-21-13-16(26(29,30)31)3-4-19(21)28/h2-5,12-14H,6-11H2,1H3,(H,35,36,39)(H2,37,38,43). The number of nitrogens with zero attached hydrogens (tertiary/aromatic N) is 5. The van der Waals surface area contributed by atoms with E-state index < -0.39 is 46.7 Å². The number of hydrogen-bond donors (Lipinski definition) is 3. The molecule has 17 heteroatoms. The smallest absolute Gasteiger partial charge is 0.379 e. The molecule has 44 heavy (non-hydrogen) atoms. The third-order valence-electron chi connectivity index (χ3n) is 6.78. The van der Waals surface area contributed by atoms with Crippen LogP contribution in [0.5, 0.6) is 0 Å². The molecule has 2 aromatic heterocycles. The minimum Gasteiger partial charge on any atom is -0.379 e. The summed E-state index contributed by atoms with van der Waals surface area (Å²) in [5.74, 6) is -0.890. The maximum atomic E-state index is 14.1. The average molecular weight is 627 g/mol. The number of carbonyl (C=O) groups is 1. The Labute approximate surface area is 245 Å². The number of morpholine rings is 1. The Bertz CT molecular complexity index is 1670. The quantitative estimate of drug-likeness (QED) is 0.230. The molecule has 0 bridgehead atoms. The molecule has 1 aliphatic rings. The molecule has 10 nitrogen and oxygen atoms in total. The zero-order valence-corrected chi connectivity index (χ0v) is 23.0. The molecule has 3 heterocycles. The second kappa shape index (κ2) is 12.2. The van der Waals surface area contributed by atoms with Crippen LogP contribution in [0.15, 0.2) is 42.6 Å². The van der Waals surface area contributed by atoms with E-state index in [2.05, 4.69) is 25.3 Å². The normalized spacial score (nSPS) is 14.5. The van der Waals surface area contributed by atoms with E-state index in [1.54, 1.807) is 7.05 Å². The van der Waals surface area contributed by atoms with Crippen molar-refractivity contribution >= 4 is 34.4 Å². The fourth-order valence-corrected chi connectivity index (χ4v) is 4.60. The molecule has 5 rings (SSSR count). The van der Waals surface area contributed by atoms with E-state index in [9.17, 15) is 35.5 Å². The Balaban J connectivity index is 1.36. The van der Waals surface area contributed by atoms with Crippen LogP contribution in [0, 0.1) is 5.82 Å². The van der Waals surface area contributed by atoms with E-state index in [0.717, 1.165) is 31.8 Å². The van der Waals surface area contributed by atoms with E-state index in [1.807, 2.05) is 10.6 Å². The highest BCUT2D eigenvalue weighted by molar-refractivity contribution is 6.01. The van der Waals surface area contributed by atoms with Crippen molar-refractivity contribution < 1.29 is 40.3 Å². The summed E-state index contributed by atoms with van der Waals surface area (Å²) in [5.41, 5.74) is -3.55. The fraction of sp³-hybridized carbons (Fsp3) is 0.333. The number of carbonyl (C=O) groups excluding carboxylic acids is 1. The van der Waals surface area contributed by atoms with Crippen LogP contribution in [0.25, 0.3) is 22.3 Å². The van der Waals surface area contributed by atoms with Gasteiger partial charge in [0, 0.05) is 45.0 Å². The van der Waals surface area contributed by atoms with Crippen LogP contribution in [-0.4, -0.2) is 70.1 Å². The van der Waals surface area contributed by atoms with Crippen LogP contribution in [0.4, 0.5) is 52.9 Å². The zero-order chi connectivity index (χ0) is 31.6. The Hall–Kier alpha value is -4.51. The van der Waals surface area contributed by atoms with Gasteiger partial charge in [0.15, 0.2) is 5.65 Å². The van der Waals surface area contributed by atoms with Crippen molar-refractivity contribution in [3.63, 3.8) is 0 Å². The van der Waals surface area contributed by atoms with E-state index in [-0.39, 0.29) is 11.3 Å². The maximum Gasteiger partial charge on any atom is 0.418 e. The summed E-state index contributed by atoms with van der Waals surface area (Å²) in [5, 5.41) is 11.6. The molecule has 0 unspecified atom stereocenters. The van der Waals surface area contributed by atoms with Gasteiger partial charge in [-0.3, -0.25) is 4.90 Å². The molecule has 1 aliphatic heterocycles. The van der Waals surface area contributed by atoms with Crippen LogP contribution in [0.3, 0.4) is 0 Å². The predicted molar refractivity (Wildman–Crippen MR) is 147 cm³/mol. The lowest BCUT2D eigenvalue weighted by Gasteiger charge is -2.26. The van der Waals surface area contributed by atoms with Gasteiger partial charge in [0.05, 0.1) is 41.1 Å². The summed E-state index contributed by atoms with van der Waals surface area (Å²) in [6, 6.07) is 2.90. The maximum absolute atomic E-state index is 14.1. The summed E-state index contributed by atoms with van der Waals surface area (Å²) < 4.78 is 102. The molecule has 2 amide bonds. The third-order valence-corrected chi connectivity index (χ3v) is 6.78. The van der Waals surface area contributed by atoms with Crippen LogP contribution in [0.2, 0.25) is 0 Å². The lowest BCUT2D eigenvalue weighted by molar-refractivity contribution is -0.138. The number of halogens is 7. The van der Waals surface area contributed by atoms with Gasteiger partial charge >= 0.3 is 18.4 Å². The number of amides is 2. The number of benzene rings is 2. The van der Waals surface area contributed by atoms with Gasteiger partial charge in [0.25, 0.3) is 0 Å². The molecule has 3 N–H and O–H groups in total. The lowest BCUT2D eigenvalue weighted by atomic mass is 10.0. The average Bonchev–Trinajstić information content (AvgIpc) is 3.29. The number of alkyl halides is 6. The van der Waals surface area contributed by atoms with E-state index in [4.69, 9.17) is 4.74 Å². The SMILES string of the molecule is Cn1nc(-c2ccc(NC(=O)Nc3cc(C(F)(F)F)ccc3F)c(C(F)(F)F)c2)c2cnc(NCCN3CCOCC3)nc21. The molecular formula is C27H25F7N8O2. The Morgan fingerprint density at radius 2 is 1.70 bits per heavy atom. The molecule has 234 valence electrons. The van der Waals surface area contributed by atoms with E-state index >= 15 is 0 Å². The first-order chi connectivity index (χ1) is 20.8. The van der Waals surface area contributed by atoms with Crippen LogP contribution in [0.1, 0.15) is 11.1 Å². The number of hydrogen-bond acceptors (Lipinski definition) is 7. The number of fused-ring (bicyclic) bond motifs is 1. The van der Waals surface area contributed by atoms with Crippen LogP contribution in [-0.2, 0) is 24.1 Å². The summed E-state index contributed by atoms with van der Waals surface area (Å²) >= 11 is 0. The van der Waals surface area contributed by atoms with Crippen LogP contribution < -0.4 is 16.0 Å². The minimum atomic E-state index is -4.96. The molecule has 4 aromatic rings. The second-order valence-electron chi connectivity index (χ2n) is 9.81. The first-order valence-corrected chi connectivity index (χ1v) is 13.2. The molecule has 0 spiro atoms. The first kappa shape index (κ1) is 30.9. The van der Waals surface area contributed by atoms with Gasteiger partial charge in [-0.2, -0.15) is 36.4 Å². The van der Waals surface area contributed by atoms with Crippen molar-refractivity contribution in [1.82, 2.24) is 24.6 Å². The van der Waals surface area contributed by atoms with Crippen molar-refractivity contribution in [2.45, 2.75) is 12.4 Å². The zero-order valence-electron chi connectivity index (χ0n) is 23.0. The number of aryl methyl sites for hydroxylation is 1. The highest BCUT2D eigenvalue weighted by Gasteiger charge is 2.35. The first-order valence-electron chi connectivity index (χ1n) is 13.2. The van der Waals surface area contributed by atoms with E-state index in [0.29, 0.717) is 54.9 Å². The van der Waals surface area contributed by atoms with Crippen molar-refractivity contribution in [2.24, 2.45) is 7.05 Å². The summed E-state index contributed by atoms with van der Waals surface area (Å²) in [4.78, 5) is 23.4. The number of aromatic nitrogens is 4. The molecule has 0 radical (unpaired) electrons. The van der Waals surface area contributed by atoms with Crippen molar-refractivity contribution in [2.75, 3.05) is 55.3 Å². The number of rotatable bonds is 7. The van der Waals surface area contributed by atoms with Crippen molar-refractivity contribution in [3.8, 4) is 11.3 Å². The Kier molecular flexibility index (Phi) is 8.60. The molecule has 1 fully saturated rings. The third kappa shape index (κ3) is 6.99. The van der Waals surface area contributed by atoms with Gasteiger partial charge in [-0.15, -0.1) is 0 Å². The number of urea groups is 1. The van der Waals surface area contributed by atoms with Gasteiger partial charge in [-0.05, 0) is 30.3 Å². The molecule has 0 saturated carbocycles. The molecule has 1 saturated heterocycles. The Morgan fingerprint density at radius 3 is 2.41 bits per heavy atom. The van der Waals surface area contributed by atoms with Gasteiger partial charge in [0.1, 0.15) is 11.5 Å². The highest BCUT2D eigenvalue weighted by atomic mass is 19.4. The van der Waals surface area contributed by atoms with Gasteiger partial charge in [0.2, 0.25) is 5.95 Å². The molecular weight excluding hydrogens is 601 g/mol. The number of ether oxygens (including phenoxy) is 1.